The number of aliphatic carboxylic acids is 1. The number of carboxylic acids is 1. The number of nitrogens with two attached hydrogens (primary N) is 1. The highest BCUT2D eigenvalue weighted by Gasteiger charge is 2.12. The number of rotatable bonds is 9. The number of carbonyl (C=O) groups is 2. The van der Waals surface area contributed by atoms with Crippen LogP contribution in [0.4, 0.5) is 28.9 Å². The minimum atomic E-state index is -0.958. The molecule has 0 unspecified atom stereocenters. The monoisotopic (exact) mass is 694 g/mol. The van der Waals surface area contributed by atoms with Crippen LogP contribution >= 0.6 is 0 Å². The predicted molar refractivity (Wildman–Crippen MR) is 186 cm³/mol. The number of fused-ring (bicyclic) bond motifs is 2. The van der Waals surface area contributed by atoms with Crippen LogP contribution in [0.2, 0.25) is 0 Å². The summed E-state index contributed by atoms with van der Waals surface area (Å²) in [7, 11) is 0. The minimum absolute atomic E-state index is 0. The molecule has 2 aromatic heterocycles. The fraction of sp³-hybridized carbons (Fsp3) is 0.189. The van der Waals surface area contributed by atoms with Gasteiger partial charge in [0.15, 0.2) is 23.3 Å². The van der Waals surface area contributed by atoms with E-state index in [0.29, 0.717) is 44.7 Å². The molecular weight excluding hydrogens is 656 g/mol. The van der Waals surface area contributed by atoms with Crippen LogP contribution < -0.4 is 20.5 Å². The number of hydrogen-bond donors (Lipinski definition) is 5. The molecule has 0 spiro atoms. The molecule has 0 saturated heterocycles. The van der Waals surface area contributed by atoms with E-state index in [9.17, 15) is 27.2 Å². The molecule has 264 valence electrons. The first-order valence-electron chi connectivity index (χ1n) is 15.0. The third kappa shape index (κ3) is 11.0. The molecule has 50 heavy (non-hydrogen) atoms. The lowest BCUT2D eigenvalue weighted by molar-refractivity contribution is -0.137. The molecule has 2 heterocycles. The van der Waals surface area contributed by atoms with E-state index in [0.717, 1.165) is 35.4 Å². The Morgan fingerprint density at radius 3 is 1.66 bits per heavy atom. The number of benzene rings is 4. The number of aromatic amines is 2. The van der Waals surface area contributed by atoms with Crippen LogP contribution in [0.25, 0.3) is 21.8 Å². The van der Waals surface area contributed by atoms with Gasteiger partial charge < -0.3 is 35.6 Å². The third-order valence-corrected chi connectivity index (χ3v) is 6.98. The predicted octanol–water partition coefficient (Wildman–Crippen LogP) is 8.68. The molecule has 0 bridgehead atoms. The van der Waals surface area contributed by atoms with Crippen LogP contribution in [0.15, 0.2) is 85.2 Å². The van der Waals surface area contributed by atoms with Crippen molar-refractivity contribution in [3.63, 3.8) is 0 Å². The molecule has 1 amide bonds. The molecule has 0 atom stereocenters. The molecule has 6 rings (SSSR count). The fourth-order valence-electron chi connectivity index (χ4n) is 4.36. The maximum atomic E-state index is 13.3. The van der Waals surface area contributed by atoms with Crippen LogP contribution in [-0.4, -0.2) is 40.2 Å². The van der Waals surface area contributed by atoms with E-state index in [-0.39, 0.29) is 39.4 Å². The van der Waals surface area contributed by atoms with Gasteiger partial charge in [-0.1, -0.05) is 42.8 Å². The molecule has 13 heteroatoms. The SMILES string of the molecule is C.Cc1ccc(OCCC(=O)Nc2c[nH]c3cc(F)c(F)cc23)cc1.Cc1ccc(OCCC(=O)O)cc1.Nc1c[nH]c2cc(F)c(F)cc12. The summed E-state index contributed by atoms with van der Waals surface area (Å²) in [6.07, 6.45) is 3.18. The number of anilines is 2. The van der Waals surface area contributed by atoms with Crippen molar-refractivity contribution in [1.82, 2.24) is 9.97 Å². The van der Waals surface area contributed by atoms with Crippen molar-refractivity contribution >= 4 is 45.1 Å². The van der Waals surface area contributed by atoms with Gasteiger partial charge >= 0.3 is 5.97 Å². The Balaban J connectivity index is 0.000000220. The standard InChI is InChI=1S/C18H16F2N2O2.C10H12O3.C8H6F2N2.CH4/c1-11-2-4-12(5-3-11)24-7-6-18(23)22-17-10-21-16-9-15(20)14(19)8-13(16)17;1-8-2-4-9(5-3-8)13-7-6-10(11)12;9-5-1-4-7(11)3-12-8(4)2-6(5)10;/h2-5,8-10,21H,6-7H2,1H3,(H,22,23);2-5H,6-7H2,1H3,(H,11,12);1-3,12H,11H2;1H4. The van der Waals surface area contributed by atoms with Gasteiger partial charge in [-0.2, -0.15) is 0 Å². The number of nitrogen functional groups attached to an aromatic ring is 1. The Hall–Kier alpha value is -5.98. The average Bonchev–Trinajstić information content (AvgIpc) is 3.61. The zero-order valence-electron chi connectivity index (χ0n) is 26.6. The van der Waals surface area contributed by atoms with Gasteiger partial charge in [0.2, 0.25) is 5.91 Å². The summed E-state index contributed by atoms with van der Waals surface area (Å²) >= 11 is 0. The molecule has 0 aliphatic heterocycles. The van der Waals surface area contributed by atoms with Crippen molar-refractivity contribution in [2.24, 2.45) is 0 Å². The topological polar surface area (TPSA) is 142 Å². The molecule has 9 nitrogen and oxygen atoms in total. The molecular formula is C37H38F4N4O5. The molecule has 0 saturated carbocycles. The molecule has 0 aliphatic rings. The largest absolute Gasteiger partial charge is 0.493 e. The Bertz CT molecular complexity index is 2030. The Kier molecular flexibility index (Phi) is 13.8. The van der Waals surface area contributed by atoms with Crippen molar-refractivity contribution in [2.45, 2.75) is 34.1 Å². The highest BCUT2D eigenvalue weighted by molar-refractivity contribution is 6.01. The van der Waals surface area contributed by atoms with E-state index in [1.54, 1.807) is 0 Å². The average molecular weight is 695 g/mol. The van der Waals surface area contributed by atoms with Gasteiger partial charge in [0, 0.05) is 35.3 Å². The number of aromatic nitrogens is 2. The van der Waals surface area contributed by atoms with Crippen molar-refractivity contribution in [3.05, 3.63) is 120 Å². The first kappa shape index (κ1) is 38.5. The van der Waals surface area contributed by atoms with Crippen LogP contribution in [-0.2, 0) is 9.59 Å². The number of amides is 1. The summed E-state index contributed by atoms with van der Waals surface area (Å²) in [6.45, 7) is 4.41. The Morgan fingerprint density at radius 1 is 0.700 bits per heavy atom. The normalized spacial score (nSPS) is 10.3. The summed E-state index contributed by atoms with van der Waals surface area (Å²) in [5.74, 6) is -3.35. The van der Waals surface area contributed by atoms with E-state index < -0.39 is 29.2 Å². The second kappa shape index (κ2) is 18.0. The molecule has 6 aromatic rings. The smallest absolute Gasteiger partial charge is 0.306 e. The van der Waals surface area contributed by atoms with Crippen LogP contribution in [0.1, 0.15) is 31.4 Å². The lowest BCUT2D eigenvalue weighted by Gasteiger charge is -2.07. The lowest BCUT2D eigenvalue weighted by Crippen LogP contribution is -2.15. The van der Waals surface area contributed by atoms with Crippen LogP contribution in [0.3, 0.4) is 0 Å². The van der Waals surface area contributed by atoms with E-state index in [2.05, 4.69) is 15.3 Å². The van der Waals surface area contributed by atoms with E-state index >= 15 is 0 Å². The maximum absolute atomic E-state index is 13.3. The summed E-state index contributed by atoms with van der Waals surface area (Å²) in [4.78, 5) is 27.7. The number of halogens is 4. The fourth-order valence-corrected chi connectivity index (χ4v) is 4.36. The second-order valence-electron chi connectivity index (χ2n) is 10.8. The quantitative estimate of drug-likeness (QED) is 0.0959. The van der Waals surface area contributed by atoms with Crippen molar-refractivity contribution in [1.29, 1.82) is 0 Å². The van der Waals surface area contributed by atoms with E-state index in [4.69, 9.17) is 20.3 Å². The van der Waals surface area contributed by atoms with Crippen LogP contribution in [0.5, 0.6) is 11.5 Å². The van der Waals surface area contributed by atoms with Crippen molar-refractivity contribution in [3.8, 4) is 11.5 Å². The van der Waals surface area contributed by atoms with Gasteiger partial charge in [0.1, 0.15) is 11.5 Å². The Morgan fingerprint density at radius 2 is 1.14 bits per heavy atom. The van der Waals surface area contributed by atoms with Crippen LogP contribution in [0, 0.1) is 37.1 Å². The molecule has 4 aromatic carbocycles. The molecule has 0 radical (unpaired) electrons. The number of ether oxygens (including phenoxy) is 2. The van der Waals surface area contributed by atoms with Gasteiger partial charge in [-0.05, 0) is 50.2 Å². The number of carbonyl (C=O) groups excluding carboxylic acids is 1. The van der Waals surface area contributed by atoms with E-state index in [1.807, 2.05) is 62.4 Å². The zero-order valence-corrected chi connectivity index (χ0v) is 26.6. The van der Waals surface area contributed by atoms with Crippen molar-refractivity contribution in [2.75, 3.05) is 24.3 Å². The number of hydrogen-bond acceptors (Lipinski definition) is 5. The first-order valence-corrected chi connectivity index (χ1v) is 15.0. The number of H-pyrrole nitrogens is 2. The summed E-state index contributed by atoms with van der Waals surface area (Å²) in [6, 6.07) is 19.3. The first-order chi connectivity index (χ1) is 23.4. The number of carboxylic acid groups (broad SMARTS) is 1. The number of nitrogens with one attached hydrogen (secondary N) is 3. The summed E-state index contributed by atoms with van der Waals surface area (Å²) < 4.78 is 62.5. The third-order valence-electron chi connectivity index (χ3n) is 6.98. The second-order valence-corrected chi connectivity index (χ2v) is 10.8. The van der Waals surface area contributed by atoms with Gasteiger partial charge in [0.25, 0.3) is 0 Å². The van der Waals surface area contributed by atoms with Gasteiger partial charge in [0.05, 0.1) is 48.5 Å². The van der Waals surface area contributed by atoms with E-state index in [1.165, 1.54) is 12.4 Å². The summed E-state index contributed by atoms with van der Waals surface area (Å²) in [5, 5.41) is 11.9. The zero-order chi connectivity index (χ0) is 35.5. The molecule has 6 N–H and O–H groups in total. The Labute approximate surface area is 286 Å². The lowest BCUT2D eigenvalue weighted by atomic mass is 10.2. The van der Waals surface area contributed by atoms with Crippen molar-refractivity contribution < 1.29 is 41.7 Å². The minimum Gasteiger partial charge on any atom is -0.493 e. The van der Waals surface area contributed by atoms with Gasteiger partial charge in [-0.25, -0.2) is 17.6 Å². The van der Waals surface area contributed by atoms with Gasteiger partial charge in [-0.15, -0.1) is 0 Å². The maximum Gasteiger partial charge on any atom is 0.306 e. The molecule has 0 aliphatic carbocycles. The highest BCUT2D eigenvalue weighted by Crippen LogP contribution is 2.26. The number of aryl methyl sites for hydroxylation is 2. The molecule has 0 fully saturated rings. The highest BCUT2D eigenvalue weighted by atomic mass is 19.2. The summed E-state index contributed by atoms with van der Waals surface area (Å²) in [5.41, 5.74) is 9.51. The van der Waals surface area contributed by atoms with Gasteiger partial charge in [-0.3, -0.25) is 9.59 Å².